The smallest absolute Gasteiger partial charge is 0.0931 e. The maximum atomic E-state index is 5.69. The third kappa shape index (κ3) is 1.41. The normalized spacial score (nSPS) is 9.33. The van der Waals surface area contributed by atoms with Crippen molar-refractivity contribution in [1.29, 1.82) is 0 Å². The van der Waals surface area contributed by atoms with Crippen LogP contribution in [0.1, 0.15) is 0 Å². The topological polar surface area (TPSA) is 38.9 Å². The van der Waals surface area contributed by atoms with E-state index in [1.54, 1.807) is 6.20 Å². The maximum absolute atomic E-state index is 5.69. The second kappa shape index (κ2) is 3.55. The molecule has 0 aliphatic heterocycles. The molecule has 2 nitrogen and oxygen atoms in total. The van der Waals surface area contributed by atoms with Gasteiger partial charge in [-0.05, 0) is 12.1 Å². The summed E-state index contributed by atoms with van der Waals surface area (Å²) in [5.74, 6) is 0. The molecule has 64 valence electrons. The molecule has 2 aromatic rings. The van der Waals surface area contributed by atoms with Gasteiger partial charge in [0.1, 0.15) is 0 Å². The molecule has 2 rings (SSSR count). The zero-order valence-electron chi connectivity index (χ0n) is 6.30. The average Bonchev–Trinajstić information content (AvgIpc) is 2.06. The summed E-state index contributed by atoms with van der Waals surface area (Å²) in [7, 11) is 0. The summed E-state index contributed by atoms with van der Waals surface area (Å²) in [5.41, 5.74) is 7.32. The van der Waals surface area contributed by atoms with Crippen LogP contribution in [0.5, 0.6) is 0 Å². The van der Waals surface area contributed by atoms with Gasteiger partial charge in [0, 0.05) is 28.1 Å². The molecule has 0 spiro atoms. The van der Waals surface area contributed by atoms with Crippen LogP contribution < -0.4 is 5.73 Å². The summed E-state index contributed by atoms with van der Waals surface area (Å²) < 4.78 is 0. The van der Waals surface area contributed by atoms with Crippen LogP contribution in [0.3, 0.4) is 0 Å². The number of hydrogen-bond donors (Lipinski definition) is 1. The first-order chi connectivity index (χ1) is 5.38. The molecule has 0 unspecified atom stereocenters. The van der Waals surface area contributed by atoms with Gasteiger partial charge in [-0.25, -0.2) is 0 Å². The molecule has 12 heavy (non-hydrogen) atoms. The summed E-state index contributed by atoms with van der Waals surface area (Å²) in [6.45, 7) is 0. The molecule has 2 N–H and O–H groups in total. The fourth-order valence-electron chi connectivity index (χ4n) is 1.13. The average molecular weight is 203 g/mol. The minimum absolute atomic E-state index is 0. The van der Waals surface area contributed by atoms with Crippen molar-refractivity contribution in [2.24, 2.45) is 0 Å². The Balaban J connectivity index is 0.000000720. The number of pyridine rings is 1. The van der Waals surface area contributed by atoms with Crippen LogP contribution >= 0.6 is 0 Å². The van der Waals surface area contributed by atoms with Crippen molar-refractivity contribution in [1.82, 2.24) is 4.98 Å². The van der Waals surface area contributed by atoms with E-state index in [2.05, 4.69) is 4.98 Å². The summed E-state index contributed by atoms with van der Waals surface area (Å²) in [4.78, 5) is 4.16. The summed E-state index contributed by atoms with van der Waals surface area (Å²) >= 11 is 0. The first kappa shape index (κ1) is 9.02. The molecule has 0 amide bonds. The molecule has 1 aromatic heterocycles. The van der Waals surface area contributed by atoms with Crippen molar-refractivity contribution in [3.63, 3.8) is 0 Å². The largest absolute Gasteiger partial charge is 0.397 e. The third-order valence-electron chi connectivity index (χ3n) is 1.66. The summed E-state index contributed by atoms with van der Waals surface area (Å²) in [6, 6.07) is 9.69. The standard InChI is InChI=1S/C9H8N2.Ni/c10-8-5-1-3-7-4-2-6-11-9(7)8;/h1-6H,10H2;. The molecule has 0 atom stereocenters. The minimum Gasteiger partial charge on any atom is -0.397 e. The van der Waals surface area contributed by atoms with Gasteiger partial charge in [-0.15, -0.1) is 0 Å². The summed E-state index contributed by atoms with van der Waals surface area (Å²) in [6.07, 6.45) is 1.75. The molecule has 1 aromatic carbocycles. The minimum atomic E-state index is 0. The molecule has 0 aliphatic carbocycles. The van der Waals surface area contributed by atoms with Crippen molar-refractivity contribution in [2.75, 3.05) is 5.73 Å². The van der Waals surface area contributed by atoms with E-state index in [1.807, 2.05) is 30.3 Å². The Morgan fingerprint density at radius 3 is 2.58 bits per heavy atom. The Labute approximate surface area is 80.7 Å². The Bertz CT molecular complexity index is 382. The van der Waals surface area contributed by atoms with E-state index in [0.29, 0.717) is 0 Å². The van der Waals surface area contributed by atoms with Crippen LogP contribution in [0.25, 0.3) is 10.9 Å². The SMILES string of the molecule is Nc1cccc2cccnc12.[Ni]. The summed E-state index contributed by atoms with van der Waals surface area (Å²) in [5, 5.41) is 1.09. The van der Waals surface area contributed by atoms with E-state index in [0.717, 1.165) is 16.6 Å². The van der Waals surface area contributed by atoms with Gasteiger partial charge in [0.25, 0.3) is 0 Å². The predicted molar refractivity (Wildman–Crippen MR) is 46.2 cm³/mol. The van der Waals surface area contributed by atoms with Crippen LogP contribution in [0.4, 0.5) is 5.69 Å². The van der Waals surface area contributed by atoms with Gasteiger partial charge in [0.05, 0.1) is 11.2 Å². The van der Waals surface area contributed by atoms with E-state index in [-0.39, 0.29) is 16.5 Å². The second-order valence-electron chi connectivity index (χ2n) is 2.42. The number of benzene rings is 1. The van der Waals surface area contributed by atoms with Crippen LogP contribution in [0.2, 0.25) is 0 Å². The van der Waals surface area contributed by atoms with Gasteiger partial charge in [-0.3, -0.25) is 4.98 Å². The Morgan fingerprint density at radius 2 is 1.83 bits per heavy atom. The number of aromatic nitrogens is 1. The number of nitrogen functional groups attached to an aromatic ring is 1. The molecular formula is C9H8N2Ni. The van der Waals surface area contributed by atoms with Gasteiger partial charge in [0.15, 0.2) is 0 Å². The Kier molecular flexibility index (Phi) is 2.67. The van der Waals surface area contributed by atoms with Gasteiger partial charge >= 0.3 is 0 Å². The van der Waals surface area contributed by atoms with Gasteiger partial charge < -0.3 is 5.73 Å². The Morgan fingerprint density at radius 1 is 1.08 bits per heavy atom. The molecule has 3 heteroatoms. The molecule has 0 aliphatic rings. The molecule has 0 radical (unpaired) electrons. The van der Waals surface area contributed by atoms with E-state index in [9.17, 15) is 0 Å². The van der Waals surface area contributed by atoms with Crippen LogP contribution in [0.15, 0.2) is 36.5 Å². The monoisotopic (exact) mass is 202 g/mol. The fraction of sp³-hybridized carbons (Fsp3) is 0. The number of nitrogens with two attached hydrogens (primary N) is 1. The van der Waals surface area contributed by atoms with E-state index in [1.165, 1.54) is 0 Å². The fourth-order valence-corrected chi connectivity index (χ4v) is 1.13. The van der Waals surface area contributed by atoms with Crippen LogP contribution in [0, 0.1) is 0 Å². The molecule has 0 saturated carbocycles. The quantitative estimate of drug-likeness (QED) is 0.523. The number of rotatable bonds is 0. The first-order valence-corrected chi connectivity index (χ1v) is 3.47. The number of para-hydroxylation sites is 1. The van der Waals surface area contributed by atoms with Crippen molar-refractivity contribution in [2.45, 2.75) is 0 Å². The van der Waals surface area contributed by atoms with Gasteiger partial charge in [-0.2, -0.15) is 0 Å². The number of nitrogens with zero attached hydrogens (tertiary/aromatic N) is 1. The van der Waals surface area contributed by atoms with Crippen LogP contribution in [-0.4, -0.2) is 4.98 Å². The zero-order valence-corrected chi connectivity index (χ0v) is 7.29. The molecule has 1 heterocycles. The number of hydrogen-bond acceptors (Lipinski definition) is 2. The van der Waals surface area contributed by atoms with E-state index in [4.69, 9.17) is 5.73 Å². The van der Waals surface area contributed by atoms with E-state index >= 15 is 0 Å². The molecule has 0 fully saturated rings. The van der Waals surface area contributed by atoms with Crippen molar-refractivity contribution < 1.29 is 16.5 Å². The van der Waals surface area contributed by atoms with Gasteiger partial charge in [-0.1, -0.05) is 18.2 Å². The van der Waals surface area contributed by atoms with Crippen molar-refractivity contribution in [3.8, 4) is 0 Å². The Hall–Kier alpha value is -1.08. The number of anilines is 1. The van der Waals surface area contributed by atoms with Crippen molar-refractivity contribution in [3.05, 3.63) is 36.5 Å². The maximum Gasteiger partial charge on any atom is 0.0931 e. The number of fused-ring (bicyclic) bond motifs is 1. The third-order valence-corrected chi connectivity index (χ3v) is 1.66. The molecular weight excluding hydrogens is 195 g/mol. The second-order valence-corrected chi connectivity index (χ2v) is 2.42. The molecule has 0 bridgehead atoms. The van der Waals surface area contributed by atoms with Crippen molar-refractivity contribution >= 4 is 16.6 Å². The van der Waals surface area contributed by atoms with E-state index < -0.39 is 0 Å². The van der Waals surface area contributed by atoms with Gasteiger partial charge in [0.2, 0.25) is 0 Å². The van der Waals surface area contributed by atoms with Crippen LogP contribution in [-0.2, 0) is 16.5 Å². The zero-order chi connectivity index (χ0) is 7.68. The predicted octanol–water partition coefficient (Wildman–Crippen LogP) is 1.81. The first-order valence-electron chi connectivity index (χ1n) is 3.47. The molecule has 0 saturated heterocycles.